The van der Waals surface area contributed by atoms with Crippen LogP contribution < -0.4 is 0 Å². The number of aryl methyl sites for hydroxylation is 1. The first-order valence-corrected chi connectivity index (χ1v) is 4.39. The Balaban J connectivity index is 2.82. The minimum Gasteiger partial charge on any atom is -0.477 e. The van der Waals surface area contributed by atoms with Gasteiger partial charge in [-0.1, -0.05) is 6.92 Å². The molecule has 0 aliphatic rings. The van der Waals surface area contributed by atoms with Crippen molar-refractivity contribution < 1.29 is 14.3 Å². The second kappa shape index (κ2) is 3.30. The zero-order valence-electron chi connectivity index (χ0n) is 7.94. The van der Waals surface area contributed by atoms with E-state index in [4.69, 9.17) is 5.11 Å². The smallest absolute Gasteiger partial charge is 0.354 e. The second-order valence-corrected chi connectivity index (χ2v) is 3.01. The summed E-state index contributed by atoms with van der Waals surface area (Å²) < 4.78 is 14.0. The molecule has 1 N–H and O–H groups in total. The Hall–Kier alpha value is -1.98. The number of carbonyl (C=O) groups is 1. The molecule has 2 aromatic rings. The van der Waals surface area contributed by atoms with Gasteiger partial charge < -0.3 is 5.11 Å². The molecular formula is C9H8FN3O2. The number of hydrogen-bond donors (Lipinski definition) is 1. The number of halogens is 1. The lowest BCUT2D eigenvalue weighted by atomic mass is 10.2. The Labute approximate surface area is 84.2 Å². The van der Waals surface area contributed by atoms with Gasteiger partial charge in [0, 0.05) is 0 Å². The van der Waals surface area contributed by atoms with Crippen LogP contribution in [0.2, 0.25) is 0 Å². The van der Waals surface area contributed by atoms with E-state index in [0.29, 0.717) is 12.1 Å². The molecule has 2 aromatic heterocycles. The van der Waals surface area contributed by atoms with E-state index in [2.05, 4.69) is 9.97 Å². The lowest BCUT2D eigenvalue weighted by Crippen LogP contribution is -2.05. The van der Waals surface area contributed by atoms with E-state index < -0.39 is 11.8 Å². The molecule has 0 unspecified atom stereocenters. The Morgan fingerprint density at radius 3 is 3.00 bits per heavy atom. The first-order chi connectivity index (χ1) is 7.13. The highest BCUT2D eigenvalue weighted by atomic mass is 19.1. The van der Waals surface area contributed by atoms with Crippen molar-refractivity contribution in [2.24, 2.45) is 0 Å². The highest BCUT2D eigenvalue weighted by Gasteiger charge is 2.17. The van der Waals surface area contributed by atoms with Crippen LogP contribution in [0.25, 0.3) is 5.78 Å². The fourth-order valence-corrected chi connectivity index (χ4v) is 1.43. The number of carboxylic acid groups (broad SMARTS) is 1. The number of aromatic carboxylic acids is 1. The molecule has 2 rings (SSSR count). The van der Waals surface area contributed by atoms with Gasteiger partial charge in [0.15, 0.2) is 11.5 Å². The van der Waals surface area contributed by atoms with E-state index in [9.17, 15) is 9.18 Å². The van der Waals surface area contributed by atoms with E-state index in [0.717, 1.165) is 16.8 Å². The van der Waals surface area contributed by atoms with Crippen LogP contribution >= 0.6 is 0 Å². The van der Waals surface area contributed by atoms with Gasteiger partial charge in [0.1, 0.15) is 0 Å². The third-order valence-electron chi connectivity index (χ3n) is 2.06. The van der Waals surface area contributed by atoms with E-state index in [-0.39, 0.29) is 11.5 Å². The summed E-state index contributed by atoms with van der Waals surface area (Å²) in [6.45, 7) is 1.78. The minimum atomic E-state index is -1.13. The molecule has 5 nitrogen and oxygen atoms in total. The van der Waals surface area contributed by atoms with Gasteiger partial charge in [0.05, 0.1) is 18.1 Å². The third-order valence-corrected chi connectivity index (χ3v) is 2.06. The number of imidazole rings is 1. The first kappa shape index (κ1) is 9.57. The molecule has 2 heterocycles. The van der Waals surface area contributed by atoms with Gasteiger partial charge in [-0.3, -0.25) is 4.40 Å². The van der Waals surface area contributed by atoms with Crippen molar-refractivity contribution in [1.82, 2.24) is 14.4 Å². The van der Waals surface area contributed by atoms with Crippen molar-refractivity contribution in [3.8, 4) is 0 Å². The monoisotopic (exact) mass is 209 g/mol. The molecule has 0 saturated heterocycles. The standard InChI is InChI=1S/C9H8FN3O2/c1-2-6-7(8(14)15)13-4-5(10)3-11-9(13)12-6/h3-4H,2H2,1H3,(H,14,15). The summed E-state index contributed by atoms with van der Waals surface area (Å²) in [6, 6.07) is 0. The summed E-state index contributed by atoms with van der Waals surface area (Å²) in [5.74, 6) is -1.53. The predicted octanol–water partition coefficient (Wildman–Crippen LogP) is 1.13. The molecule has 0 radical (unpaired) electrons. The average Bonchev–Trinajstić information content (AvgIpc) is 2.55. The van der Waals surface area contributed by atoms with Gasteiger partial charge >= 0.3 is 5.97 Å². The fourth-order valence-electron chi connectivity index (χ4n) is 1.43. The van der Waals surface area contributed by atoms with Crippen molar-refractivity contribution in [3.05, 3.63) is 29.6 Å². The Bertz CT molecular complexity index is 535. The van der Waals surface area contributed by atoms with Crippen molar-refractivity contribution in [1.29, 1.82) is 0 Å². The molecule has 78 valence electrons. The molecule has 0 bridgehead atoms. The zero-order valence-corrected chi connectivity index (χ0v) is 7.94. The summed E-state index contributed by atoms with van der Waals surface area (Å²) >= 11 is 0. The topological polar surface area (TPSA) is 67.5 Å². The van der Waals surface area contributed by atoms with Gasteiger partial charge in [-0.05, 0) is 6.42 Å². The van der Waals surface area contributed by atoms with E-state index >= 15 is 0 Å². The lowest BCUT2D eigenvalue weighted by Gasteiger charge is -1.96. The Kier molecular flexibility index (Phi) is 2.11. The van der Waals surface area contributed by atoms with Gasteiger partial charge in [-0.2, -0.15) is 0 Å². The number of nitrogens with zero attached hydrogens (tertiary/aromatic N) is 3. The van der Waals surface area contributed by atoms with Gasteiger partial charge in [-0.15, -0.1) is 0 Å². The largest absolute Gasteiger partial charge is 0.477 e. The average molecular weight is 209 g/mol. The molecule has 15 heavy (non-hydrogen) atoms. The SMILES string of the molecule is CCc1nc2ncc(F)cn2c1C(=O)O. The summed E-state index contributed by atoms with van der Waals surface area (Å²) in [7, 11) is 0. The maximum atomic E-state index is 12.9. The highest BCUT2D eigenvalue weighted by Crippen LogP contribution is 2.12. The van der Waals surface area contributed by atoms with E-state index in [1.807, 2.05) is 0 Å². The number of hydrogen-bond acceptors (Lipinski definition) is 3. The van der Waals surface area contributed by atoms with Crippen molar-refractivity contribution in [2.45, 2.75) is 13.3 Å². The number of rotatable bonds is 2. The summed E-state index contributed by atoms with van der Waals surface area (Å²) in [5.41, 5.74) is 0.375. The van der Waals surface area contributed by atoms with Crippen molar-refractivity contribution in [2.75, 3.05) is 0 Å². The second-order valence-electron chi connectivity index (χ2n) is 3.01. The van der Waals surface area contributed by atoms with Gasteiger partial charge in [0.25, 0.3) is 0 Å². The molecule has 0 aromatic carbocycles. The quantitative estimate of drug-likeness (QED) is 0.805. The predicted molar refractivity (Wildman–Crippen MR) is 49.3 cm³/mol. The van der Waals surface area contributed by atoms with Crippen molar-refractivity contribution >= 4 is 11.7 Å². The van der Waals surface area contributed by atoms with Gasteiger partial charge in [0.2, 0.25) is 5.78 Å². The van der Waals surface area contributed by atoms with Crippen LogP contribution in [-0.2, 0) is 6.42 Å². The summed E-state index contributed by atoms with van der Waals surface area (Å²) in [6.07, 6.45) is 2.54. The maximum Gasteiger partial charge on any atom is 0.354 e. The molecule has 0 saturated carbocycles. The van der Waals surface area contributed by atoms with Crippen LogP contribution in [0.4, 0.5) is 4.39 Å². The van der Waals surface area contributed by atoms with E-state index in [1.165, 1.54) is 0 Å². The molecule has 0 aliphatic carbocycles. The Morgan fingerprint density at radius 2 is 2.40 bits per heavy atom. The summed E-state index contributed by atoms with van der Waals surface area (Å²) in [5, 5.41) is 8.96. The number of fused-ring (bicyclic) bond motifs is 1. The minimum absolute atomic E-state index is 0.0282. The number of carboxylic acids is 1. The van der Waals surface area contributed by atoms with Crippen LogP contribution in [0.3, 0.4) is 0 Å². The fraction of sp³-hybridized carbons (Fsp3) is 0.222. The molecule has 6 heteroatoms. The van der Waals surface area contributed by atoms with Crippen molar-refractivity contribution in [3.63, 3.8) is 0 Å². The van der Waals surface area contributed by atoms with Crippen LogP contribution in [0.5, 0.6) is 0 Å². The molecule has 0 fully saturated rings. The lowest BCUT2D eigenvalue weighted by molar-refractivity contribution is 0.0688. The molecule has 0 spiro atoms. The molecule has 0 aliphatic heterocycles. The van der Waals surface area contributed by atoms with Crippen LogP contribution in [-0.4, -0.2) is 25.4 Å². The van der Waals surface area contributed by atoms with Gasteiger partial charge in [-0.25, -0.2) is 19.2 Å². The van der Waals surface area contributed by atoms with Crippen LogP contribution in [0.15, 0.2) is 12.4 Å². The first-order valence-electron chi connectivity index (χ1n) is 4.39. The molecule has 0 atom stereocenters. The normalized spacial score (nSPS) is 10.8. The highest BCUT2D eigenvalue weighted by molar-refractivity contribution is 5.88. The third kappa shape index (κ3) is 1.43. The van der Waals surface area contributed by atoms with E-state index in [1.54, 1.807) is 6.92 Å². The number of aromatic nitrogens is 3. The Morgan fingerprint density at radius 1 is 1.67 bits per heavy atom. The molecule has 0 amide bonds. The molecular weight excluding hydrogens is 201 g/mol. The maximum absolute atomic E-state index is 12.9. The summed E-state index contributed by atoms with van der Waals surface area (Å²) in [4.78, 5) is 18.7. The zero-order chi connectivity index (χ0) is 11.0. The van der Waals surface area contributed by atoms with Crippen LogP contribution in [0.1, 0.15) is 23.1 Å². The van der Waals surface area contributed by atoms with Crippen LogP contribution in [0, 0.1) is 5.82 Å².